The smallest absolute Gasteiger partial charge is 0.404 e. The molecular weight excluding hydrogens is 454 g/mol. The summed E-state index contributed by atoms with van der Waals surface area (Å²) in [7, 11) is 1.57. The summed E-state index contributed by atoms with van der Waals surface area (Å²) in [6.45, 7) is 0.0501. The molecule has 0 heterocycles. The van der Waals surface area contributed by atoms with Gasteiger partial charge in [-0.3, -0.25) is 0 Å². The lowest BCUT2D eigenvalue weighted by molar-refractivity contribution is -0.0528. The highest BCUT2D eigenvalue weighted by molar-refractivity contribution is 5.64. The van der Waals surface area contributed by atoms with Crippen LogP contribution in [0.15, 0.2) is 115 Å². The van der Waals surface area contributed by atoms with Crippen molar-refractivity contribution in [3.8, 4) is 11.5 Å². The highest BCUT2D eigenvalue weighted by atomic mass is 16.6. The quantitative estimate of drug-likeness (QED) is 0.283. The van der Waals surface area contributed by atoms with Crippen LogP contribution in [0.25, 0.3) is 0 Å². The molecule has 0 spiro atoms. The number of methoxy groups -OCH3 is 1. The number of rotatable bonds is 11. The van der Waals surface area contributed by atoms with Crippen molar-refractivity contribution in [2.24, 2.45) is 5.73 Å². The first-order valence-corrected chi connectivity index (χ1v) is 11.7. The molecule has 0 aliphatic rings. The highest BCUT2D eigenvalue weighted by Gasteiger charge is 2.38. The largest absolute Gasteiger partial charge is 0.493 e. The molecule has 0 radical (unpaired) electrons. The van der Waals surface area contributed by atoms with Gasteiger partial charge in [0, 0.05) is 0 Å². The molecule has 0 aromatic heterocycles. The van der Waals surface area contributed by atoms with Crippen LogP contribution in [0, 0.1) is 0 Å². The molecule has 4 rings (SSSR count). The van der Waals surface area contributed by atoms with Gasteiger partial charge < -0.3 is 24.7 Å². The second-order valence-corrected chi connectivity index (χ2v) is 8.11. The van der Waals surface area contributed by atoms with E-state index in [2.05, 4.69) is 0 Å². The van der Waals surface area contributed by atoms with E-state index in [-0.39, 0.29) is 13.2 Å². The maximum absolute atomic E-state index is 11.7. The summed E-state index contributed by atoms with van der Waals surface area (Å²) >= 11 is 0. The average molecular weight is 484 g/mol. The Morgan fingerprint density at radius 1 is 0.694 bits per heavy atom. The van der Waals surface area contributed by atoms with Crippen molar-refractivity contribution in [1.82, 2.24) is 0 Å². The zero-order valence-corrected chi connectivity index (χ0v) is 20.1. The van der Waals surface area contributed by atoms with Gasteiger partial charge in [-0.25, -0.2) is 4.79 Å². The van der Waals surface area contributed by atoms with E-state index < -0.39 is 17.8 Å². The van der Waals surface area contributed by atoms with E-state index in [0.717, 1.165) is 16.7 Å². The number of ether oxygens (including phenoxy) is 4. The predicted molar refractivity (Wildman–Crippen MR) is 138 cm³/mol. The topological polar surface area (TPSA) is 80.0 Å². The number of hydrogen-bond acceptors (Lipinski definition) is 5. The van der Waals surface area contributed by atoms with Gasteiger partial charge >= 0.3 is 6.09 Å². The van der Waals surface area contributed by atoms with Crippen LogP contribution in [0.2, 0.25) is 0 Å². The van der Waals surface area contributed by atoms with Crippen LogP contribution in [0.1, 0.15) is 16.7 Å². The van der Waals surface area contributed by atoms with Crippen LogP contribution in [-0.2, 0) is 15.1 Å². The lowest BCUT2D eigenvalue weighted by Crippen LogP contribution is -2.39. The van der Waals surface area contributed by atoms with Crippen LogP contribution in [0.3, 0.4) is 0 Å². The summed E-state index contributed by atoms with van der Waals surface area (Å²) in [6, 6.07) is 37.1. The number of hydrogen-bond donors (Lipinski definition) is 1. The van der Waals surface area contributed by atoms with Crippen LogP contribution in [-0.4, -0.2) is 32.5 Å². The number of amides is 1. The van der Waals surface area contributed by atoms with Crippen molar-refractivity contribution in [2.75, 3.05) is 20.3 Å². The van der Waals surface area contributed by atoms with E-state index in [9.17, 15) is 4.79 Å². The van der Waals surface area contributed by atoms with Crippen molar-refractivity contribution in [1.29, 1.82) is 0 Å². The number of carbonyl (C=O) groups excluding carboxylic acids is 1. The summed E-state index contributed by atoms with van der Waals surface area (Å²) in [6.07, 6.45) is -1.68. The molecule has 0 saturated carbocycles. The Labute approximate surface area is 211 Å². The molecule has 0 aliphatic heterocycles. The second kappa shape index (κ2) is 11.9. The summed E-state index contributed by atoms with van der Waals surface area (Å²) < 4.78 is 23.4. The van der Waals surface area contributed by atoms with Gasteiger partial charge in [0.1, 0.15) is 12.2 Å². The molecule has 1 atom stereocenters. The second-order valence-electron chi connectivity index (χ2n) is 8.11. The Morgan fingerprint density at radius 2 is 1.14 bits per heavy atom. The van der Waals surface area contributed by atoms with E-state index >= 15 is 0 Å². The molecular formula is C30H29NO5. The fourth-order valence-corrected chi connectivity index (χ4v) is 4.19. The minimum Gasteiger partial charge on any atom is -0.493 e. The van der Waals surface area contributed by atoms with Crippen LogP contribution in [0.5, 0.6) is 11.5 Å². The molecule has 0 fully saturated rings. The third-order valence-electron chi connectivity index (χ3n) is 5.80. The van der Waals surface area contributed by atoms with Gasteiger partial charge in [0.05, 0.1) is 13.7 Å². The van der Waals surface area contributed by atoms with Gasteiger partial charge in [0.2, 0.25) is 0 Å². The van der Waals surface area contributed by atoms with Crippen molar-refractivity contribution >= 4 is 6.09 Å². The summed E-state index contributed by atoms with van der Waals surface area (Å²) in [5.41, 5.74) is 7.24. The van der Waals surface area contributed by atoms with E-state index in [1.165, 1.54) is 0 Å². The zero-order valence-electron chi connectivity index (χ0n) is 20.1. The maximum Gasteiger partial charge on any atom is 0.404 e. The lowest BCUT2D eigenvalue weighted by atomic mass is 9.80. The van der Waals surface area contributed by atoms with Crippen molar-refractivity contribution < 1.29 is 23.7 Å². The van der Waals surface area contributed by atoms with E-state index in [1.807, 2.05) is 103 Å². The Kier molecular flexibility index (Phi) is 8.21. The van der Waals surface area contributed by atoms with E-state index in [4.69, 9.17) is 24.7 Å². The number of nitrogens with two attached hydrogens (primary N) is 1. The van der Waals surface area contributed by atoms with E-state index in [1.54, 1.807) is 19.2 Å². The van der Waals surface area contributed by atoms with Crippen molar-refractivity contribution in [2.45, 2.75) is 11.7 Å². The van der Waals surface area contributed by atoms with E-state index in [0.29, 0.717) is 11.5 Å². The summed E-state index contributed by atoms with van der Waals surface area (Å²) in [5.74, 6) is 1.10. The molecule has 36 heavy (non-hydrogen) atoms. The standard InChI is InChI=1S/C30H29NO5/c1-33-27-19-11-12-20-28(27)34-21-26(36-29(31)32)22-35-30(23-13-5-2-6-14-23,24-15-7-3-8-16-24)25-17-9-4-10-18-25/h2-20,26H,21-22H2,1H3,(H2,31,32). The molecule has 0 bridgehead atoms. The highest BCUT2D eigenvalue weighted by Crippen LogP contribution is 2.40. The van der Waals surface area contributed by atoms with Crippen molar-refractivity contribution in [3.05, 3.63) is 132 Å². The number of para-hydroxylation sites is 2. The van der Waals surface area contributed by atoms with Crippen molar-refractivity contribution in [3.63, 3.8) is 0 Å². The molecule has 1 unspecified atom stereocenters. The monoisotopic (exact) mass is 483 g/mol. The summed E-state index contributed by atoms with van der Waals surface area (Å²) in [5, 5.41) is 0. The summed E-state index contributed by atoms with van der Waals surface area (Å²) in [4.78, 5) is 11.7. The maximum atomic E-state index is 11.7. The average Bonchev–Trinajstić information content (AvgIpc) is 2.93. The molecule has 6 nitrogen and oxygen atoms in total. The molecule has 0 aliphatic carbocycles. The number of benzene rings is 4. The third kappa shape index (κ3) is 5.67. The van der Waals surface area contributed by atoms with Crippen LogP contribution >= 0.6 is 0 Å². The molecule has 1 amide bonds. The zero-order chi connectivity index (χ0) is 25.2. The number of primary amides is 1. The van der Waals surface area contributed by atoms with Gasteiger partial charge in [-0.2, -0.15) is 0 Å². The Morgan fingerprint density at radius 3 is 1.58 bits per heavy atom. The number of carbonyl (C=O) groups is 1. The molecule has 4 aromatic rings. The Balaban J connectivity index is 1.69. The third-order valence-corrected chi connectivity index (χ3v) is 5.80. The molecule has 4 aromatic carbocycles. The molecule has 0 saturated heterocycles. The van der Waals surface area contributed by atoms with Gasteiger partial charge in [0.15, 0.2) is 17.6 Å². The normalized spacial score (nSPS) is 11.9. The fourth-order valence-electron chi connectivity index (χ4n) is 4.19. The molecule has 184 valence electrons. The Bertz CT molecular complexity index is 1140. The van der Waals surface area contributed by atoms with Gasteiger partial charge in [-0.05, 0) is 28.8 Å². The minimum atomic E-state index is -0.965. The predicted octanol–water partition coefficient (Wildman–Crippen LogP) is 5.55. The molecule has 2 N–H and O–H groups in total. The van der Waals surface area contributed by atoms with Crippen LogP contribution in [0.4, 0.5) is 4.79 Å². The van der Waals surface area contributed by atoms with Gasteiger partial charge in [-0.1, -0.05) is 103 Å². The first kappa shape index (κ1) is 24.8. The SMILES string of the molecule is COc1ccccc1OCC(COC(c1ccccc1)(c1ccccc1)c1ccccc1)OC(N)=O. The van der Waals surface area contributed by atoms with Gasteiger partial charge in [-0.15, -0.1) is 0 Å². The van der Waals surface area contributed by atoms with Gasteiger partial charge in [0.25, 0.3) is 0 Å². The first-order chi connectivity index (χ1) is 17.6. The van der Waals surface area contributed by atoms with Crippen LogP contribution < -0.4 is 15.2 Å². The first-order valence-electron chi connectivity index (χ1n) is 11.7. The fraction of sp³-hybridized carbons (Fsp3) is 0.167. The lowest BCUT2D eigenvalue weighted by Gasteiger charge is -2.37. The Hall–Kier alpha value is -4.29. The minimum absolute atomic E-state index is 0.0246. The molecule has 6 heteroatoms.